The molecule has 1 aromatic carbocycles. The van der Waals surface area contributed by atoms with Gasteiger partial charge in [-0.05, 0) is 18.1 Å². The summed E-state index contributed by atoms with van der Waals surface area (Å²) in [4.78, 5) is 32.8. The Morgan fingerprint density at radius 1 is 1.39 bits per heavy atom. The molecule has 0 aliphatic rings. The average molecular weight is 319 g/mol. The number of carboxylic acids is 1. The molecule has 0 aliphatic heterocycles. The smallest absolute Gasteiger partial charge is 0.303 e. The minimum Gasteiger partial charge on any atom is -0.481 e. The normalized spacial score (nSPS) is 12.0. The van der Waals surface area contributed by atoms with Crippen molar-refractivity contribution in [2.24, 2.45) is 5.92 Å². The van der Waals surface area contributed by atoms with E-state index in [1.807, 2.05) is 0 Å². The van der Waals surface area contributed by atoms with Crippen LogP contribution >= 0.6 is 0 Å². The zero-order valence-electron chi connectivity index (χ0n) is 12.6. The third-order valence-corrected chi connectivity index (χ3v) is 3.45. The lowest BCUT2D eigenvalue weighted by atomic mass is 10.1. The fourth-order valence-electron chi connectivity index (χ4n) is 2.31. The number of nitrogens with zero attached hydrogens (tertiary/aromatic N) is 2. The Kier molecular flexibility index (Phi) is 4.95. The molecule has 122 valence electrons. The monoisotopic (exact) mass is 319 g/mol. The molecule has 1 amide bonds. The molecule has 1 heterocycles. The number of aliphatic carboxylic acids is 1. The highest BCUT2D eigenvalue weighted by Gasteiger charge is 2.12. The van der Waals surface area contributed by atoms with Crippen LogP contribution in [0, 0.1) is 16.0 Å². The second kappa shape index (κ2) is 6.91. The summed E-state index contributed by atoms with van der Waals surface area (Å²) in [5, 5.41) is 22.8. The molecular formula is C15H17N3O5. The Bertz CT molecular complexity index is 753. The van der Waals surface area contributed by atoms with Crippen molar-refractivity contribution < 1.29 is 19.6 Å². The number of rotatable bonds is 7. The summed E-state index contributed by atoms with van der Waals surface area (Å²) >= 11 is 0. The van der Waals surface area contributed by atoms with Crippen LogP contribution in [0.5, 0.6) is 0 Å². The maximum Gasteiger partial charge on any atom is 0.303 e. The molecule has 1 aromatic heterocycles. The molecule has 1 atom stereocenters. The fourth-order valence-corrected chi connectivity index (χ4v) is 2.31. The molecule has 0 radical (unpaired) electrons. The molecule has 0 spiro atoms. The number of amides is 1. The predicted octanol–water partition coefficient (Wildman–Crippen LogP) is 1.78. The van der Waals surface area contributed by atoms with Gasteiger partial charge in [-0.2, -0.15) is 0 Å². The van der Waals surface area contributed by atoms with Crippen LogP contribution in [0.4, 0.5) is 5.69 Å². The van der Waals surface area contributed by atoms with E-state index in [1.165, 1.54) is 12.1 Å². The van der Waals surface area contributed by atoms with Gasteiger partial charge < -0.3 is 15.0 Å². The standard InChI is InChI=1S/C15H17N3O5/c1-10(6-15(20)21)8-16-14(19)9-17-5-4-11-7-12(18(22)23)2-3-13(11)17/h2-5,7,10H,6,8-9H2,1H3,(H,16,19)(H,20,21). The molecular weight excluding hydrogens is 302 g/mol. The minimum absolute atomic E-state index is 0.00203. The van der Waals surface area contributed by atoms with E-state index >= 15 is 0 Å². The first-order valence-corrected chi connectivity index (χ1v) is 7.08. The number of hydrogen-bond donors (Lipinski definition) is 2. The lowest BCUT2D eigenvalue weighted by Crippen LogP contribution is -2.31. The number of nitro groups is 1. The summed E-state index contributed by atoms with van der Waals surface area (Å²) in [6, 6.07) is 6.17. The van der Waals surface area contributed by atoms with Gasteiger partial charge in [-0.25, -0.2) is 0 Å². The predicted molar refractivity (Wildman–Crippen MR) is 83.0 cm³/mol. The van der Waals surface area contributed by atoms with Gasteiger partial charge in [-0.1, -0.05) is 6.92 Å². The summed E-state index contributed by atoms with van der Waals surface area (Å²) in [7, 11) is 0. The van der Waals surface area contributed by atoms with Gasteiger partial charge in [0.2, 0.25) is 5.91 Å². The van der Waals surface area contributed by atoms with Crippen molar-refractivity contribution in [2.75, 3.05) is 6.54 Å². The lowest BCUT2D eigenvalue weighted by molar-refractivity contribution is -0.384. The van der Waals surface area contributed by atoms with Crippen LogP contribution < -0.4 is 5.32 Å². The van der Waals surface area contributed by atoms with Crippen LogP contribution in [0.25, 0.3) is 10.9 Å². The number of benzene rings is 1. The molecule has 1 unspecified atom stereocenters. The Morgan fingerprint density at radius 3 is 2.78 bits per heavy atom. The zero-order valence-corrected chi connectivity index (χ0v) is 12.6. The van der Waals surface area contributed by atoms with E-state index in [4.69, 9.17) is 5.11 Å². The van der Waals surface area contributed by atoms with Gasteiger partial charge in [0.1, 0.15) is 6.54 Å². The average Bonchev–Trinajstić information content (AvgIpc) is 2.86. The van der Waals surface area contributed by atoms with Gasteiger partial charge in [0.25, 0.3) is 5.69 Å². The quantitative estimate of drug-likeness (QED) is 0.596. The van der Waals surface area contributed by atoms with E-state index in [2.05, 4.69) is 5.32 Å². The van der Waals surface area contributed by atoms with Gasteiger partial charge in [0, 0.05) is 42.2 Å². The second-order valence-corrected chi connectivity index (χ2v) is 5.45. The van der Waals surface area contributed by atoms with E-state index in [0.29, 0.717) is 5.39 Å². The molecule has 2 rings (SSSR count). The van der Waals surface area contributed by atoms with Gasteiger partial charge in [0.05, 0.1) is 4.92 Å². The molecule has 0 saturated carbocycles. The van der Waals surface area contributed by atoms with Gasteiger partial charge >= 0.3 is 5.97 Å². The van der Waals surface area contributed by atoms with Gasteiger partial charge in [-0.3, -0.25) is 19.7 Å². The van der Waals surface area contributed by atoms with E-state index in [1.54, 1.807) is 29.8 Å². The topological polar surface area (TPSA) is 114 Å². The Morgan fingerprint density at radius 2 is 2.13 bits per heavy atom. The van der Waals surface area contributed by atoms with Crippen molar-refractivity contribution in [3.05, 3.63) is 40.6 Å². The first-order chi connectivity index (χ1) is 10.9. The first-order valence-electron chi connectivity index (χ1n) is 7.08. The number of carboxylic acid groups (broad SMARTS) is 1. The molecule has 8 nitrogen and oxygen atoms in total. The summed E-state index contributed by atoms with van der Waals surface area (Å²) in [6.45, 7) is 2.11. The molecule has 0 bridgehead atoms. The Balaban J connectivity index is 2.00. The molecule has 8 heteroatoms. The van der Waals surface area contributed by atoms with E-state index in [-0.39, 0.29) is 37.0 Å². The lowest BCUT2D eigenvalue weighted by Gasteiger charge is -2.11. The third kappa shape index (κ3) is 4.29. The van der Waals surface area contributed by atoms with Crippen LogP contribution in [-0.4, -0.2) is 33.0 Å². The number of hydrogen-bond acceptors (Lipinski definition) is 4. The Labute approximate surface area is 131 Å². The van der Waals surface area contributed by atoms with Crippen molar-refractivity contribution in [1.29, 1.82) is 0 Å². The number of nitro benzene ring substituents is 1. The third-order valence-electron chi connectivity index (χ3n) is 3.45. The van der Waals surface area contributed by atoms with E-state index in [9.17, 15) is 19.7 Å². The number of carbonyl (C=O) groups excluding carboxylic acids is 1. The minimum atomic E-state index is -0.898. The van der Waals surface area contributed by atoms with Gasteiger partial charge in [0.15, 0.2) is 0 Å². The maximum atomic E-state index is 11.9. The van der Waals surface area contributed by atoms with Gasteiger partial charge in [-0.15, -0.1) is 0 Å². The number of carbonyl (C=O) groups is 2. The van der Waals surface area contributed by atoms with Crippen LogP contribution in [0.1, 0.15) is 13.3 Å². The van der Waals surface area contributed by atoms with Crippen LogP contribution in [0.3, 0.4) is 0 Å². The van der Waals surface area contributed by atoms with Crippen LogP contribution in [-0.2, 0) is 16.1 Å². The summed E-state index contributed by atoms with van der Waals surface area (Å²) in [5.41, 5.74) is 0.728. The molecule has 0 saturated heterocycles. The molecule has 0 fully saturated rings. The number of aromatic nitrogens is 1. The highest BCUT2D eigenvalue weighted by Crippen LogP contribution is 2.21. The first kappa shape index (κ1) is 16.5. The number of fused-ring (bicyclic) bond motifs is 1. The summed E-state index contributed by atoms with van der Waals surface area (Å²) < 4.78 is 1.69. The van der Waals surface area contributed by atoms with Crippen LogP contribution in [0.15, 0.2) is 30.5 Å². The zero-order chi connectivity index (χ0) is 17.0. The van der Waals surface area contributed by atoms with Crippen molar-refractivity contribution in [3.63, 3.8) is 0 Å². The molecule has 2 N–H and O–H groups in total. The van der Waals surface area contributed by atoms with Crippen molar-refractivity contribution in [3.8, 4) is 0 Å². The van der Waals surface area contributed by atoms with Crippen molar-refractivity contribution in [2.45, 2.75) is 19.9 Å². The highest BCUT2D eigenvalue weighted by atomic mass is 16.6. The maximum absolute atomic E-state index is 11.9. The van der Waals surface area contributed by atoms with E-state index in [0.717, 1.165) is 5.52 Å². The van der Waals surface area contributed by atoms with Crippen LogP contribution in [0.2, 0.25) is 0 Å². The summed E-state index contributed by atoms with van der Waals surface area (Å²) in [5.74, 6) is -1.29. The second-order valence-electron chi connectivity index (χ2n) is 5.45. The molecule has 2 aromatic rings. The fraction of sp³-hybridized carbons (Fsp3) is 0.333. The number of nitrogens with one attached hydrogen (secondary N) is 1. The number of non-ortho nitro benzene ring substituents is 1. The SMILES string of the molecule is CC(CNC(=O)Cn1ccc2cc([N+](=O)[O-])ccc21)CC(=O)O. The van der Waals surface area contributed by atoms with Crippen molar-refractivity contribution in [1.82, 2.24) is 9.88 Å². The Hall–Kier alpha value is -2.90. The van der Waals surface area contributed by atoms with E-state index < -0.39 is 10.9 Å². The summed E-state index contributed by atoms with van der Waals surface area (Å²) in [6.07, 6.45) is 1.69. The molecule has 0 aliphatic carbocycles. The molecule has 23 heavy (non-hydrogen) atoms. The highest BCUT2D eigenvalue weighted by molar-refractivity contribution is 5.85. The largest absolute Gasteiger partial charge is 0.481 e. The van der Waals surface area contributed by atoms with Crippen molar-refractivity contribution >= 4 is 28.5 Å².